The van der Waals surface area contributed by atoms with Gasteiger partial charge >= 0.3 is 0 Å². The third-order valence-corrected chi connectivity index (χ3v) is 15.4. The van der Waals surface area contributed by atoms with Crippen LogP contribution in [0.5, 0.6) is 0 Å². The van der Waals surface area contributed by atoms with Crippen molar-refractivity contribution in [2.75, 3.05) is 4.90 Å². The number of hydrogen-bond donors (Lipinski definition) is 0. The highest BCUT2D eigenvalue weighted by molar-refractivity contribution is 7.25. The molecule has 5 aliphatic carbocycles. The molecule has 0 amide bonds. The summed E-state index contributed by atoms with van der Waals surface area (Å²) in [5.41, 5.74) is 16.0. The summed E-state index contributed by atoms with van der Waals surface area (Å²) in [7, 11) is 0. The molecule has 5 aliphatic rings. The van der Waals surface area contributed by atoms with Gasteiger partial charge in [0, 0.05) is 42.5 Å². The second-order valence-corrected chi connectivity index (χ2v) is 17.6. The van der Waals surface area contributed by atoms with Crippen molar-refractivity contribution in [2.24, 2.45) is 17.3 Å². The summed E-state index contributed by atoms with van der Waals surface area (Å²) >= 11 is 1.91. The molecule has 12 rings (SSSR count). The third-order valence-electron chi connectivity index (χ3n) is 14.2. The smallest absolute Gasteiger partial charge is 0.0543 e. The van der Waals surface area contributed by atoms with E-state index in [-0.39, 0.29) is 5.41 Å². The first kappa shape index (κ1) is 28.1. The first-order chi connectivity index (χ1) is 24.5. The number of rotatable bonds is 3. The summed E-state index contributed by atoms with van der Waals surface area (Å²) in [6.45, 7) is 4.81. The predicted molar refractivity (Wildman–Crippen MR) is 210 cm³/mol. The number of benzene rings is 6. The van der Waals surface area contributed by atoms with Crippen molar-refractivity contribution in [3.63, 3.8) is 0 Å². The maximum atomic E-state index is 2.62. The van der Waals surface area contributed by atoms with E-state index in [0.29, 0.717) is 17.3 Å². The van der Waals surface area contributed by atoms with Crippen LogP contribution in [0.25, 0.3) is 42.4 Å². The molecule has 0 N–H and O–H groups in total. The minimum Gasteiger partial charge on any atom is -0.310 e. The first-order valence-electron chi connectivity index (χ1n) is 18.7. The zero-order chi connectivity index (χ0) is 32.9. The molecule has 242 valence electrons. The van der Waals surface area contributed by atoms with Crippen LogP contribution in [0.4, 0.5) is 17.1 Å². The number of nitrogens with zero attached hydrogens (tertiary/aromatic N) is 1. The van der Waals surface area contributed by atoms with Crippen molar-refractivity contribution >= 4 is 48.6 Å². The van der Waals surface area contributed by atoms with E-state index in [1.54, 1.807) is 11.1 Å². The molecule has 6 aromatic carbocycles. The lowest BCUT2D eigenvalue weighted by molar-refractivity contribution is -0.144. The van der Waals surface area contributed by atoms with Crippen LogP contribution in [0.15, 0.2) is 127 Å². The Bertz CT molecular complexity index is 2590. The van der Waals surface area contributed by atoms with Crippen LogP contribution in [0.1, 0.15) is 73.6 Å². The monoisotopic (exact) mass is 661 g/mol. The molecule has 5 unspecified atom stereocenters. The average molecular weight is 662 g/mol. The molecule has 0 radical (unpaired) electrons. The van der Waals surface area contributed by atoms with Crippen LogP contribution in [-0.2, 0) is 5.41 Å². The first-order valence-corrected chi connectivity index (χ1v) is 19.5. The van der Waals surface area contributed by atoms with E-state index >= 15 is 0 Å². The van der Waals surface area contributed by atoms with Gasteiger partial charge in [-0.1, -0.05) is 105 Å². The SMILES string of the molecule is CC1(C)c2ccccc2-c2ccc(N(c3ccc4c(c3)sc3ccccc34)c3cccc4c3-c3ccccc3C3CC5CC6CC4C56C3)cc21. The minimum absolute atomic E-state index is 0.0698. The van der Waals surface area contributed by atoms with Crippen molar-refractivity contribution in [2.45, 2.75) is 56.8 Å². The van der Waals surface area contributed by atoms with Gasteiger partial charge in [-0.25, -0.2) is 0 Å². The maximum absolute atomic E-state index is 2.62. The van der Waals surface area contributed by atoms with Crippen LogP contribution in [0.3, 0.4) is 0 Å². The molecule has 3 saturated carbocycles. The Morgan fingerprint density at radius 1 is 0.580 bits per heavy atom. The van der Waals surface area contributed by atoms with E-state index in [9.17, 15) is 0 Å². The molecular formula is C48H39NS. The Hall–Kier alpha value is -4.66. The summed E-state index contributed by atoms with van der Waals surface area (Å²) in [5.74, 6) is 3.16. The van der Waals surface area contributed by atoms with Crippen molar-refractivity contribution in [3.05, 3.63) is 150 Å². The molecule has 1 nitrogen and oxygen atoms in total. The Morgan fingerprint density at radius 2 is 1.30 bits per heavy atom. The van der Waals surface area contributed by atoms with Gasteiger partial charge < -0.3 is 4.90 Å². The van der Waals surface area contributed by atoms with E-state index in [2.05, 4.69) is 146 Å². The van der Waals surface area contributed by atoms with Gasteiger partial charge in [-0.3, -0.25) is 0 Å². The summed E-state index contributed by atoms with van der Waals surface area (Å²) in [4.78, 5) is 2.62. The Morgan fingerprint density at radius 3 is 2.22 bits per heavy atom. The van der Waals surface area contributed by atoms with Gasteiger partial charge in [-0.2, -0.15) is 0 Å². The van der Waals surface area contributed by atoms with Gasteiger partial charge in [0.05, 0.1) is 5.69 Å². The van der Waals surface area contributed by atoms with Crippen LogP contribution >= 0.6 is 11.3 Å². The van der Waals surface area contributed by atoms with E-state index in [4.69, 9.17) is 0 Å². The van der Waals surface area contributed by atoms with E-state index < -0.39 is 0 Å². The van der Waals surface area contributed by atoms with Crippen LogP contribution in [-0.4, -0.2) is 0 Å². The number of fused-ring (bicyclic) bond motifs is 12. The largest absolute Gasteiger partial charge is 0.310 e. The van der Waals surface area contributed by atoms with Crippen molar-refractivity contribution < 1.29 is 0 Å². The van der Waals surface area contributed by atoms with Gasteiger partial charge in [-0.15, -0.1) is 11.3 Å². The normalized spacial score (nSPS) is 25.7. The van der Waals surface area contributed by atoms with Crippen LogP contribution in [0.2, 0.25) is 0 Å². The lowest BCUT2D eigenvalue weighted by Crippen LogP contribution is -2.59. The molecule has 1 aromatic heterocycles. The highest BCUT2D eigenvalue weighted by Gasteiger charge is 2.70. The van der Waals surface area contributed by atoms with Gasteiger partial charge in [-0.05, 0) is 130 Å². The van der Waals surface area contributed by atoms with Crippen molar-refractivity contribution in [3.8, 4) is 22.3 Å². The Kier molecular flexibility index (Phi) is 5.37. The van der Waals surface area contributed by atoms with Gasteiger partial charge in [0.25, 0.3) is 0 Å². The van der Waals surface area contributed by atoms with Gasteiger partial charge in [0.2, 0.25) is 0 Å². The fraction of sp³-hybridized carbons (Fsp3) is 0.250. The molecule has 3 fully saturated rings. The zero-order valence-electron chi connectivity index (χ0n) is 28.6. The number of thiophene rings is 1. The second-order valence-electron chi connectivity index (χ2n) is 16.5. The van der Waals surface area contributed by atoms with E-state index in [0.717, 1.165) is 11.8 Å². The Labute approximate surface area is 298 Å². The van der Waals surface area contributed by atoms with Crippen molar-refractivity contribution in [1.29, 1.82) is 0 Å². The number of hydrogen-bond acceptors (Lipinski definition) is 2. The van der Waals surface area contributed by atoms with Crippen molar-refractivity contribution in [1.82, 2.24) is 0 Å². The standard InChI is InChI=1S/C48H39NS/c1-47(2)40-15-7-5-11-34(40)35-20-18-31(25-41(35)47)49(32-19-21-37-36-12-6-8-17-44(36)50-45(37)26-32)43-16-9-14-39-42-24-30-23-29-22-28(27-48(29,30)42)33-10-3-4-13-38(33)46(39)43/h3-21,25-26,28-30,42H,22-24,27H2,1-2H3. The Balaban J connectivity index is 1.13. The molecule has 1 spiro atoms. The molecule has 1 heterocycles. The van der Waals surface area contributed by atoms with Crippen LogP contribution < -0.4 is 4.90 Å². The molecule has 0 aliphatic heterocycles. The van der Waals surface area contributed by atoms with E-state index in [1.807, 2.05) is 11.3 Å². The summed E-state index contributed by atoms with van der Waals surface area (Å²) in [6.07, 6.45) is 5.58. The lowest BCUT2D eigenvalue weighted by Gasteiger charge is -2.67. The van der Waals surface area contributed by atoms with Gasteiger partial charge in [0.15, 0.2) is 0 Å². The summed E-state index contributed by atoms with van der Waals surface area (Å²) in [6, 6.07) is 49.2. The fourth-order valence-electron chi connectivity index (χ4n) is 12.0. The molecule has 2 bridgehead atoms. The molecule has 7 aromatic rings. The lowest BCUT2D eigenvalue weighted by atomic mass is 9.37. The number of anilines is 3. The van der Waals surface area contributed by atoms with E-state index in [1.165, 1.54) is 96.3 Å². The maximum Gasteiger partial charge on any atom is 0.0543 e. The second kappa shape index (κ2) is 9.56. The minimum atomic E-state index is -0.0698. The quantitative estimate of drug-likeness (QED) is 0.182. The molecule has 2 heteroatoms. The molecular weight excluding hydrogens is 623 g/mol. The average Bonchev–Trinajstić information content (AvgIpc) is 3.77. The molecule has 0 saturated heterocycles. The zero-order valence-corrected chi connectivity index (χ0v) is 29.4. The topological polar surface area (TPSA) is 3.24 Å². The fourth-order valence-corrected chi connectivity index (χ4v) is 13.1. The summed E-state index contributed by atoms with van der Waals surface area (Å²) in [5, 5.41) is 2.70. The molecule has 50 heavy (non-hydrogen) atoms. The van der Waals surface area contributed by atoms with Gasteiger partial charge in [0.1, 0.15) is 0 Å². The molecule has 5 atom stereocenters. The van der Waals surface area contributed by atoms with Crippen LogP contribution in [0, 0.1) is 17.3 Å². The summed E-state index contributed by atoms with van der Waals surface area (Å²) < 4.78 is 2.70. The third kappa shape index (κ3) is 3.39. The predicted octanol–water partition coefficient (Wildman–Crippen LogP) is 13.5. The highest BCUT2D eigenvalue weighted by Crippen LogP contribution is 2.80. The highest BCUT2D eigenvalue weighted by atomic mass is 32.1.